The summed E-state index contributed by atoms with van der Waals surface area (Å²) in [4.78, 5) is 12.4. The number of nitrogens with one attached hydrogen (secondary N) is 1. The van der Waals surface area contributed by atoms with Gasteiger partial charge in [0.1, 0.15) is 11.9 Å². The Morgan fingerprint density at radius 2 is 2.04 bits per heavy atom. The van der Waals surface area contributed by atoms with E-state index < -0.39 is 0 Å². The predicted octanol–water partition coefficient (Wildman–Crippen LogP) is 3.03. The highest BCUT2D eigenvalue weighted by molar-refractivity contribution is 5.73. The molecular formula is C19H25NO3. The van der Waals surface area contributed by atoms with Crippen LogP contribution in [0, 0.1) is 0 Å². The van der Waals surface area contributed by atoms with Crippen molar-refractivity contribution in [2.45, 2.75) is 75.5 Å². The Hall–Kier alpha value is -1.55. The van der Waals surface area contributed by atoms with Gasteiger partial charge in [0.2, 0.25) is 0 Å². The molecule has 2 bridgehead atoms. The van der Waals surface area contributed by atoms with Gasteiger partial charge in [0, 0.05) is 18.5 Å². The van der Waals surface area contributed by atoms with E-state index in [9.17, 15) is 9.90 Å². The number of phenolic OH excluding ortho intramolecular Hbond substituents is 1. The molecule has 3 aliphatic rings. The Morgan fingerprint density at radius 1 is 1.22 bits per heavy atom. The van der Waals surface area contributed by atoms with Crippen molar-refractivity contribution in [3.05, 3.63) is 29.3 Å². The van der Waals surface area contributed by atoms with E-state index in [4.69, 9.17) is 4.74 Å². The van der Waals surface area contributed by atoms with E-state index in [-0.39, 0.29) is 12.1 Å². The highest BCUT2D eigenvalue weighted by atomic mass is 16.5. The van der Waals surface area contributed by atoms with E-state index in [1.807, 2.05) is 12.1 Å². The molecule has 0 amide bonds. The third-order valence-electron chi connectivity index (χ3n) is 5.78. The van der Waals surface area contributed by atoms with Crippen molar-refractivity contribution in [2.24, 2.45) is 0 Å². The average Bonchev–Trinajstić information content (AvgIpc) is 3.25. The molecular weight excluding hydrogens is 290 g/mol. The Morgan fingerprint density at radius 3 is 2.74 bits per heavy atom. The van der Waals surface area contributed by atoms with Crippen molar-refractivity contribution in [3.63, 3.8) is 0 Å². The lowest BCUT2D eigenvalue weighted by Gasteiger charge is -2.21. The van der Waals surface area contributed by atoms with E-state index in [0.717, 1.165) is 36.8 Å². The van der Waals surface area contributed by atoms with E-state index in [1.54, 1.807) is 6.07 Å². The van der Waals surface area contributed by atoms with Gasteiger partial charge >= 0.3 is 5.97 Å². The lowest BCUT2D eigenvalue weighted by atomic mass is 9.91. The zero-order chi connectivity index (χ0) is 15.8. The monoisotopic (exact) mass is 315 g/mol. The van der Waals surface area contributed by atoms with Crippen LogP contribution in [0.4, 0.5) is 0 Å². The highest BCUT2D eigenvalue weighted by Gasteiger charge is 2.41. The molecule has 23 heavy (non-hydrogen) atoms. The van der Waals surface area contributed by atoms with Crippen LogP contribution in [0.3, 0.4) is 0 Å². The molecule has 1 aromatic rings. The predicted molar refractivity (Wildman–Crippen MR) is 87.5 cm³/mol. The third kappa shape index (κ3) is 3.09. The summed E-state index contributed by atoms with van der Waals surface area (Å²) in [6, 6.07) is 6.32. The minimum Gasteiger partial charge on any atom is -0.508 e. The molecule has 0 radical (unpaired) electrons. The topological polar surface area (TPSA) is 58.6 Å². The summed E-state index contributed by atoms with van der Waals surface area (Å²) in [5.41, 5.74) is 2.17. The molecule has 1 aromatic carbocycles. The summed E-state index contributed by atoms with van der Waals surface area (Å²) in [6.45, 7) is 0. The molecule has 4 nitrogen and oxygen atoms in total. The number of carbonyl (C=O) groups is 1. The fourth-order valence-electron chi connectivity index (χ4n) is 4.63. The number of rotatable bonds is 4. The first kappa shape index (κ1) is 15.0. The molecule has 2 N–H and O–H groups in total. The molecule has 2 saturated heterocycles. The molecule has 4 heteroatoms. The molecule has 3 unspecified atom stereocenters. The molecule has 2 aliphatic heterocycles. The third-order valence-corrected chi connectivity index (χ3v) is 5.78. The summed E-state index contributed by atoms with van der Waals surface area (Å²) in [5, 5.41) is 13.3. The molecule has 124 valence electrons. The van der Waals surface area contributed by atoms with Crippen LogP contribution >= 0.6 is 0 Å². The maximum atomic E-state index is 12.4. The maximum absolute atomic E-state index is 12.4. The number of aromatic hydroxyl groups is 1. The van der Waals surface area contributed by atoms with Crippen LogP contribution in [0.1, 0.15) is 62.0 Å². The molecule has 1 saturated carbocycles. The Balaban J connectivity index is 1.44. The first-order chi connectivity index (χ1) is 11.2. The lowest BCUT2D eigenvalue weighted by molar-refractivity contribution is -0.149. The van der Waals surface area contributed by atoms with Crippen molar-refractivity contribution < 1.29 is 14.6 Å². The minimum atomic E-state index is -0.130. The van der Waals surface area contributed by atoms with Gasteiger partial charge in [0.05, 0.1) is 6.42 Å². The summed E-state index contributed by atoms with van der Waals surface area (Å²) in [7, 11) is 0. The molecule has 4 rings (SSSR count). The van der Waals surface area contributed by atoms with E-state index in [0.29, 0.717) is 30.2 Å². The first-order valence-corrected chi connectivity index (χ1v) is 8.96. The van der Waals surface area contributed by atoms with Gasteiger partial charge in [-0.2, -0.15) is 0 Å². The van der Waals surface area contributed by atoms with Crippen molar-refractivity contribution in [1.82, 2.24) is 5.32 Å². The number of benzene rings is 1. The quantitative estimate of drug-likeness (QED) is 0.839. The zero-order valence-corrected chi connectivity index (χ0v) is 13.5. The van der Waals surface area contributed by atoms with Gasteiger partial charge in [-0.25, -0.2) is 0 Å². The number of hydrogen-bond acceptors (Lipinski definition) is 4. The summed E-state index contributed by atoms with van der Waals surface area (Å²) < 4.78 is 5.73. The van der Waals surface area contributed by atoms with Gasteiger partial charge in [-0.3, -0.25) is 4.79 Å². The second kappa shape index (κ2) is 6.16. The van der Waals surface area contributed by atoms with Crippen LogP contribution in [0.15, 0.2) is 18.2 Å². The molecule has 0 spiro atoms. The number of phenols is 1. The zero-order valence-electron chi connectivity index (χ0n) is 13.5. The van der Waals surface area contributed by atoms with E-state index in [2.05, 4.69) is 5.32 Å². The fraction of sp³-hybridized carbons (Fsp3) is 0.632. The molecule has 1 aliphatic carbocycles. The normalized spacial score (nSPS) is 30.0. The maximum Gasteiger partial charge on any atom is 0.310 e. The van der Waals surface area contributed by atoms with Gasteiger partial charge in [-0.1, -0.05) is 18.9 Å². The van der Waals surface area contributed by atoms with Crippen molar-refractivity contribution >= 4 is 5.97 Å². The SMILES string of the molecule is O=C(Cc1ccc(O)cc1C1CCCC1)OC1CC2CCC1N2. The Labute approximate surface area is 137 Å². The second-order valence-corrected chi connectivity index (χ2v) is 7.35. The smallest absolute Gasteiger partial charge is 0.310 e. The fourth-order valence-corrected chi connectivity index (χ4v) is 4.63. The molecule has 0 aromatic heterocycles. The number of hydrogen-bond donors (Lipinski definition) is 2. The van der Waals surface area contributed by atoms with Crippen LogP contribution in [0.25, 0.3) is 0 Å². The number of fused-ring (bicyclic) bond motifs is 2. The van der Waals surface area contributed by atoms with Gasteiger partial charge in [0.15, 0.2) is 0 Å². The summed E-state index contributed by atoms with van der Waals surface area (Å²) in [6.07, 6.45) is 8.44. The van der Waals surface area contributed by atoms with Gasteiger partial charge in [-0.15, -0.1) is 0 Å². The van der Waals surface area contributed by atoms with Crippen LogP contribution in [0.2, 0.25) is 0 Å². The van der Waals surface area contributed by atoms with Gasteiger partial charge in [0.25, 0.3) is 0 Å². The van der Waals surface area contributed by atoms with E-state index in [1.165, 1.54) is 19.3 Å². The van der Waals surface area contributed by atoms with Crippen LogP contribution in [0.5, 0.6) is 5.75 Å². The van der Waals surface area contributed by atoms with Gasteiger partial charge < -0.3 is 15.2 Å². The highest BCUT2D eigenvalue weighted by Crippen LogP contribution is 2.37. The average molecular weight is 315 g/mol. The van der Waals surface area contributed by atoms with Crippen molar-refractivity contribution in [2.75, 3.05) is 0 Å². The summed E-state index contributed by atoms with van der Waals surface area (Å²) in [5.74, 6) is 0.643. The number of carbonyl (C=O) groups excluding carboxylic acids is 1. The lowest BCUT2D eigenvalue weighted by Crippen LogP contribution is -2.31. The van der Waals surface area contributed by atoms with Crippen LogP contribution in [-0.2, 0) is 16.0 Å². The first-order valence-electron chi connectivity index (χ1n) is 8.96. The second-order valence-electron chi connectivity index (χ2n) is 7.35. The minimum absolute atomic E-state index is 0.0493. The Kier molecular flexibility index (Phi) is 4.02. The summed E-state index contributed by atoms with van der Waals surface area (Å²) >= 11 is 0. The van der Waals surface area contributed by atoms with Gasteiger partial charge in [-0.05, 0) is 54.9 Å². The number of ether oxygens (including phenoxy) is 1. The van der Waals surface area contributed by atoms with Crippen LogP contribution in [-0.4, -0.2) is 29.3 Å². The number of esters is 1. The molecule has 3 atom stereocenters. The Bertz CT molecular complexity index is 594. The standard InChI is InChI=1S/C19H25NO3/c21-15-7-5-13(16(11-15)12-3-1-2-4-12)9-19(22)23-18-10-14-6-8-17(18)20-14/h5,7,11-12,14,17-18,20-21H,1-4,6,8-10H2. The van der Waals surface area contributed by atoms with Crippen molar-refractivity contribution in [3.8, 4) is 5.75 Å². The van der Waals surface area contributed by atoms with E-state index >= 15 is 0 Å². The molecule has 3 fully saturated rings. The van der Waals surface area contributed by atoms with Crippen LogP contribution < -0.4 is 5.32 Å². The molecule has 2 heterocycles. The van der Waals surface area contributed by atoms with Crippen molar-refractivity contribution in [1.29, 1.82) is 0 Å². The largest absolute Gasteiger partial charge is 0.508 e.